The van der Waals surface area contributed by atoms with E-state index in [1.54, 1.807) is 0 Å². The van der Waals surface area contributed by atoms with Gasteiger partial charge in [0.25, 0.3) is 0 Å². The standard InChI is InChI=1S/C6H9N3O2/c7-5(6(10)11)1-4-2-8-3-9-4/h2-3,5H,1,7H2,(H,8,9)(H,10,11)/i1D2,5D. The zero-order valence-electron chi connectivity index (χ0n) is 8.53. The molecule has 1 unspecified atom stereocenters. The molecule has 1 aromatic rings. The molecule has 0 radical (unpaired) electrons. The molecule has 5 heteroatoms. The maximum Gasteiger partial charge on any atom is 0.320 e. The van der Waals surface area contributed by atoms with Gasteiger partial charge in [0, 0.05) is 21.0 Å². The molecule has 4 N–H and O–H groups in total. The number of H-pyrrole nitrogens is 1. The molecule has 11 heavy (non-hydrogen) atoms. The number of hydrogen-bond donors (Lipinski definition) is 3. The van der Waals surface area contributed by atoms with Crippen molar-refractivity contribution in [1.29, 1.82) is 0 Å². The Morgan fingerprint density at radius 1 is 2.18 bits per heavy atom. The highest BCUT2D eigenvalue weighted by Crippen LogP contribution is 1.95. The monoisotopic (exact) mass is 158 g/mol. The van der Waals surface area contributed by atoms with Crippen molar-refractivity contribution >= 4 is 5.97 Å². The molecule has 0 saturated carbocycles. The Morgan fingerprint density at radius 2 is 2.91 bits per heavy atom. The Labute approximate surface area is 67.5 Å². The summed E-state index contributed by atoms with van der Waals surface area (Å²) in [5, 5.41) is 8.59. The van der Waals surface area contributed by atoms with Crippen molar-refractivity contribution < 1.29 is 14.0 Å². The number of carboxylic acid groups (broad SMARTS) is 1. The van der Waals surface area contributed by atoms with Crippen LogP contribution in [0.2, 0.25) is 0 Å². The second-order valence-electron chi connectivity index (χ2n) is 1.81. The summed E-state index contributed by atoms with van der Waals surface area (Å²) in [4.78, 5) is 16.5. The summed E-state index contributed by atoms with van der Waals surface area (Å²) in [7, 11) is 0. The van der Waals surface area contributed by atoms with Crippen molar-refractivity contribution in [2.75, 3.05) is 0 Å². The van der Waals surface area contributed by atoms with Gasteiger partial charge in [0.05, 0.1) is 7.70 Å². The second kappa shape index (κ2) is 3.16. The van der Waals surface area contributed by atoms with E-state index in [0.29, 0.717) is 0 Å². The second-order valence-corrected chi connectivity index (χ2v) is 1.81. The molecule has 1 atom stereocenters. The lowest BCUT2D eigenvalue weighted by molar-refractivity contribution is -0.138. The van der Waals surface area contributed by atoms with E-state index in [1.807, 2.05) is 0 Å². The molecule has 0 aliphatic heterocycles. The number of rotatable bonds is 3. The third-order valence-corrected chi connectivity index (χ3v) is 0.998. The summed E-state index contributed by atoms with van der Waals surface area (Å²) in [6, 6.07) is -2.75. The summed E-state index contributed by atoms with van der Waals surface area (Å²) >= 11 is 0. The number of aromatic nitrogens is 2. The molecule has 0 bridgehead atoms. The van der Waals surface area contributed by atoms with Crippen molar-refractivity contribution in [3.63, 3.8) is 0 Å². The lowest BCUT2D eigenvalue weighted by Gasteiger charge is -2.02. The number of nitrogens with zero attached hydrogens (tertiary/aromatic N) is 1. The molecule has 0 amide bonds. The van der Waals surface area contributed by atoms with Crippen LogP contribution in [-0.4, -0.2) is 27.1 Å². The number of nitrogens with two attached hydrogens (primary N) is 1. The van der Waals surface area contributed by atoms with Crippen LogP contribution in [0, 0.1) is 0 Å². The van der Waals surface area contributed by atoms with Gasteiger partial charge in [0.2, 0.25) is 0 Å². The zero-order valence-corrected chi connectivity index (χ0v) is 5.53. The molecule has 60 valence electrons. The predicted molar refractivity (Wildman–Crippen MR) is 37.9 cm³/mol. The molecule has 1 rings (SSSR count). The molecule has 0 spiro atoms. The van der Waals surface area contributed by atoms with Crippen molar-refractivity contribution in [2.45, 2.75) is 12.4 Å². The number of aromatic amines is 1. The van der Waals surface area contributed by atoms with Gasteiger partial charge in [0.1, 0.15) is 6.02 Å². The molecule has 0 aliphatic carbocycles. The number of nitrogens with one attached hydrogen (secondary N) is 1. The predicted octanol–water partition coefficient (Wildman–Crippen LogP) is -0.636. The summed E-state index contributed by atoms with van der Waals surface area (Å²) in [6.07, 6.45) is -0.250. The molecule has 0 saturated heterocycles. The van der Waals surface area contributed by atoms with Crippen LogP contribution >= 0.6 is 0 Å². The molecule has 0 aromatic carbocycles. The number of carbonyl (C=O) groups is 1. The quantitative estimate of drug-likeness (QED) is 0.545. The Balaban J connectivity index is 3.13. The van der Waals surface area contributed by atoms with Gasteiger partial charge in [-0.3, -0.25) is 4.79 Å². The lowest BCUT2D eigenvalue weighted by atomic mass is 10.2. The zero-order chi connectivity index (χ0) is 11.0. The first-order valence-corrected chi connectivity index (χ1v) is 2.81. The first-order chi connectivity index (χ1) is 6.30. The van der Waals surface area contributed by atoms with Crippen molar-refractivity contribution in [1.82, 2.24) is 9.97 Å². The van der Waals surface area contributed by atoms with Crippen LogP contribution in [0.15, 0.2) is 12.5 Å². The summed E-state index contributed by atoms with van der Waals surface area (Å²) in [5.41, 5.74) is 4.93. The van der Waals surface area contributed by atoms with Gasteiger partial charge in [-0.1, -0.05) is 0 Å². The van der Waals surface area contributed by atoms with Gasteiger partial charge in [0.15, 0.2) is 0 Å². The van der Waals surface area contributed by atoms with E-state index >= 15 is 0 Å². The SMILES string of the molecule is [2H]C(N)(C(=O)O)C([2H])([2H])c1cnc[nH]1. The minimum atomic E-state index is -2.75. The molecular weight excluding hydrogens is 146 g/mol. The Morgan fingerprint density at radius 3 is 3.36 bits per heavy atom. The largest absolute Gasteiger partial charge is 0.480 e. The molecule has 1 heterocycles. The van der Waals surface area contributed by atoms with E-state index in [2.05, 4.69) is 9.97 Å². The topological polar surface area (TPSA) is 92.0 Å². The average molecular weight is 158 g/mol. The number of carboxylic acids is 1. The van der Waals surface area contributed by atoms with E-state index in [-0.39, 0.29) is 5.69 Å². The lowest BCUT2D eigenvalue weighted by Crippen LogP contribution is -2.32. The molecule has 0 aliphatic rings. The van der Waals surface area contributed by atoms with Gasteiger partial charge in [-0.15, -0.1) is 0 Å². The smallest absolute Gasteiger partial charge is 0.320 e. The fourth-order valence-corrected chi connectivity index (χ4v) is 0.523. The van der Waals surface area contributed by atoms with Gasteiger partial charge in [-0.2, -0.15) is 0 Å². The summed E-state index contributed by atoms with van der Waals surface area (Å²) in [6.45, 7) is 0. The van der Waals surface area contributed by atoms with Gasteiger partial charge in [-0.25, -0.2) is 4.98 Å². The van der Waals surface area contributed by atoms with E-state index < -0.39 is 18.4 Å². The fraction of sp³-hybridized carbons (Fsp3) is 0.333. The first-order valence-electron chi connectivity index (χ1n) is 4.31. The Hall–Kier alpha value is -1.36. The number of hydrogen-bond acceptors (Lipinski definition) is 3. The van der Waals surface area contributed by atoms with Crippen LogP contribution in [0.5, 0.6) is 0 Å². The van der Waals surface area contributed by atoms with Crippen LogP contribution in [0.1, 0.15) is 9.81 Å². The van der Waals surface area contributed by atoms with Crippen LogP contribution in [-0.2, 0) is 11.2 Å². The van der Waals surface area contributed by atoms with Crippen LogP contribution < -0.4 is 5.73 Å². The van der Waals surface area contributed by atoms with Crippen molar-refractivity contribution in [3.05, 3.63) is 18.2 Å². The van der Waals surface area contributed by atoms with Gasteiger partial charge in [-0.05, 0) is 0 Å². The highest BCUT2D eigenvalue weighted by Gasteiger charge is 2.11. The normalized spacial score (nSPS) is 21.0. The molecular formula is C6H9N3O2. The van der Waals surface area contributed by atoms with Gasteiger partial charge < -0.3 is 15.8 Å². The highest BCUT2D eigenvalue weighted by atomic mass is 16.4. The summed E-state index contributed by atoms with van der Waals surface area (Å²) in [5.74, 6) is -1.74. The molecule has 5 nitrogen and oxygen atoms in total. The van der Waals surface area contributed by atoms with E-state index in [0.717, 1.165) is 6.20 Å². The Bertz CT molecular complexity index is 336. The van der Waals surface area contributed by atoms with E-state index in [1.165, 1.54) is 6.33 Å². The maximum absolute atomic E-state index is 10.6. The van der Waals surface area contributed by atoms with Gasteiger partial charge >= 0.3 is 5.97 Å². The van der Waals surface area contributed by atoms with Crippen LogP contribution in [0.3, 0.4) is 0 Å². The fourth-order valence-electron chi connectivity index (χ4n) is 0.523. The average Bonchev–Trinajstić information content (AvgIpc) is 2.55. The van der Waals surface area contributed by atoms with Crippen LogP contribution in [0.25, 0.3) is 0 Å². The van der Waals surface area contributed by atoms with Crippen molar-refractivity contribution in [3.8, 4) is 0 Å². The summed E-state index contributed by atoms with van der Waals surface area (Å²) < 4.78 is 22.1. The van der Waals surface area contributed by atoms with E-state index in [9.17, 15) is 4.79 Å². The van der Waals surface area contributed by atoms with E-state index in [4.69, 9.17) is 15.0 Å². The highest BCUT2D eigenvalue weighted by molar-refractivity contribution is 5.73. The Kier molecular flexibility index (Phi) is 1.29. The first kappa shape index (κ1) is 4.50. The van der Waals surface area contributed by atoms with Crippen molar-refractivity contribution in [2.24, 2.45) is 5.73 Å². The molecule has 0 fully saturated rings. The minimum Gasteiger partial charge on any atom is -0.480 e. The third-order valence-electron chi connectivity index (χ3n) is 0.998. The van der Waals surface area contributed by atoms with Crippen LogP contribution in [0.4, 0.5) is 0 Å². The third kappa shape index (κ3) is 2.05. The maximum atomic E-state index is 10.6. The molecule has 1 aromatic heterocycles. The number of aliphatic carboxylic acids is 1. The minimum absolute atomic E-state index is 0.141. The number of imidazole rings is 1.